The van der Waals surface area contributed by atoms with Gasteiger partial charge in [0.1, 0.15) is 11.9 Å². The average Bonchev–Trinajstić information content (AvgIpc) is 2.57. The van der Waals surface area contributed by atoms with Crippen molar-refractivity contribution in [3.05, 3.63) is 29.8 Å². The maximum Gasteiger partial charge on any atom is 0.339 e. The highest BCUT2D eigenvalue weighted by molar-refractivity contribution is 5.76. The van der Waals surface area contributed by atoms with Gasteiger partial charge in [-0.3, -0.25) is 4.79 Å². The van der Waals surface area contributed by atoms with Crippen LogP contribution in [0, 0.1) is 0 Å². The number of likely N-dealkylation sites (tertiary alicyclic amines) is 1. The molecule has 0 N–H and O–H groups in total. The predicted octanol–water partition coefficient (Wildman–Crippen LogP) is 1.94. The summed E-state index contributed by atoms with van der Waals surface area (Å²) < 4.78 is 15.8. The number of ether oxygens (including phenoxy) is 3. The molecule has 0 radical (unpaired) electrons. The minimum atomic E-state index is -0.729. The van der Waals surface area contributed by atoms with Crippen LogP contribution in [0.2, 0.25) is 0 Å². The molecule has 0 spiro atoms. The van der Waals surface area contributed by atoms with Crippen molar-refractivity contribution < 1.29 is 23.8 Å². The highest BCUT2D eigenvalue weighted by atomic mass is 16.6. The lowest BCUT2D eigenvalue weighted by atomic mass is 10.1. The monoisotopic (exact) mass is 321 g/mol. The Labute approximate surface area is 136 Å². The molecule has 23 heavy (non-hydrogen) atoms. The van der Waals surface area contributed by atoms with Crippen molar-refractivity contribution in [2.75, 3.05) is 27.3 Å². The van der Waals surface area contributed by atoms with E-state index in [1.165, 1.54) is 14.2 Å². The van der Waals surface area contributed by atoms with Crippen LogP contribution in [0.1, 0.15) is 31.4 Å². The van der Waals surface area contributed by atoms with Gasteiger partial charge in [0.2, 0.25) is 5.91 Å². The van der Waals surface area contributed by atoms with Crippen molar-refractivity contribution in [3.63, 3.8) is 0 Å². The number of carbonyl (C=O) groups excluding carboxylic acids is 2. The van der Waals surface area contributed by atoms with Crippen molar-refractivity contribution in [2.45, 2.75) is 32.0 Å². The molecule has 126 valence electrons. The molecule has 2 rings (SSSR count). The van der Waals surface area contributed by atoms with Gasteiger partial charge < -0.3 is 19.1 Å². The van der Waals surface area contributed by atoms with Gasteiger partial charge in [-0.2, -0.15) is 0 Å². The van der Waals surface area contributed by atoms with Gasteiger partial charge in [0.15, 0.2) is 6.10 Å². The van der Waals surface area contributed by atoms with E-state index in [1.54, 1.807) is 19.1 Å². The number of methoxy groups -OCH3 is 2. The Hall–Kier alpha value is -2.08. The average molecular weight is 321 g/mol. The SMILES string of the molecule is COC(=O)C(OC)c1ccc(OC2CCN(C(C)=O)CC2)cc1. The largest absolute Gasteiger partial charge is 0.490 e. The van der Waals surface area contributed by atoms with Gasteiger partial charge in [0.05, 0.1) is 7.11 Å². The molecule has 0 bridgehead atoms. The van der Waals surface area contributed by atoms with E-state index < -0.39 is 12.1 Å². The zero-order chi connectivity index (χ0) is 16.8. The van der Waals surface area contributed by atoms with Crippen LogP contribution in [0.15, 0.2) is 24.3 Å². The third-order valence-corrected chi connectivity index (χ3v) is 4.02. The van der Waals surface area contributed by atoms with Crippen LogP contribution in [0.3, 0.4) is 0 Å². The summed E-state index contributed by atoms with van der Waals surface area (Å²) in [5.74, 6) is 0.425. The molecule has 1 aliphatic rings. The number of benzene rings is 1. The van der Waals surface area contributed by atoms with Crippen LogP contribution in [0.25, 0.3) is 0 Å². The number of hydrogen-bond acceptors (Lipinski definition) is 5. The number of carbonyl (C=O) groups is 2. The van der Waals surface area contributed by atoms with Gasteiger partial charge in [0, 0.05) is 40.0 Å². The van der Waals surface area contributed by atoms with E-state index in [9.17, 15) is 9.59 Å². The highest BCUT2D eigenvalue weighted by Gasteiger charge is 2.23. The summed E-state index contributed by atoms with van der Waals surface area (Å²) in [7, 11) is 2.80. The Kier molecular flexibility index (Phi) is 5.98. The van der Waals surface area contributed by atoms with E-state index in [0.717, 1.165) is 37.2 Å². The molecule has 6 heteroatoms. The van der Waals surface area contributed by atoms with Gasteiger partial charge in [-0.05, 0) is 17.7 Å². The van der Waals surface area contributed by atoms with E-state index in [2.05, 4.69) is 0 Å². The standard InChI is InChI=1S/C17H23NO5/c1-12(19)18-10-8-15(9-11-18)23-14-6-4-13(5-7-14)16(21-2)17(20)22-3/h4-7,15-16H,8-11H2,1-3H3. The van der Waals surface area contributed by atoms with Crippen molar-refractivity contribution in [1.82, 2.24) is 4.90 Å². The number of rotatable bonds is 5. The molecular formula is C17H23NO5. The molecule has 1 amide bonds. The first kappa shape index (κ1) is 17.3. The molecular weight excluding hydrogens is 298 g/mol. The minimum Gasteiger partial charge on any atom is -0.490 e. The molecule has 6 nitrogen and oxygen atoms in total. The molecule has 1 aromatic rings. The summed E-state index contributed by atoms with van der Waals surface area (Å²) >= 11 is 0. The normalized spacial score (nSPS) is 16.7. The molecule has 1 aromatic carbocycles. The van der Waals surface area contributed by atoms with E-state index in [-0.39, 0.29) is 12.0 Å². The molecule has 1 aliphatic heterocycles. The third-order valence-electron chi connectivity index (χ3n) is 4.02. The summed E-state index contributed by atoms with van der Waals surface area (Å²) in [4.78, 5) is 24.8. The Balaban J connectivity index is 1.93. The van der Waals surface area contributed by atoms with Crippen LogP contribution >= 0.6 is 0 Å². The van der Waals surface area contributed by atoms with E-state index >= 15 is 0 Å². The highest BCUT2D eigenvalue weighted by Crippen LogP contribution is 2.24. The number of amides is 1. The molecule has 1 saturated heterocycles. The summed E-state index contributed by atoms with van der Waals surface area (Å²) in [6.45, 7) is 3.05. The zero-order valence-corrected chi connectivity index (χ0v) is 13.8. The van der Waals surface area contributed by atoms with Crippen molar-refractivity contribution in [1.29, 1.82) is 0 Å². The minimum absolute atomic E-state index is 0.107. The van der Waals surface area contributed by atoms with Gasteiger partial charge in [-0.15, -0.1) is 0 Å². The molecule has 1 fully saturated rings. The maximum absolute atomic E-state index is 11.6. The first-order valence-corrected chi connectivity index (χ1v) is 7.68. The predicted molar refractivity (Wildman–Crippen MR) is 84.1 cm³/mol. The summed E-state index contributed by atoms with van der Waals surface area (Å²) in [5.41, 5.74) is 0.720. The second kappa shape index (κ2) is 7.97. The number of esters is 1. The Morgan fingerprint density at radius 3 is 2.22 bits per heavy atom. The topological polar surface area (TPSA) is 65.1 Å². The maximum atomic E-state index is 11.6. The summed E-state index contributed by atoms with van der Waals surface area (Å²) in [6, 6.07) is 7.24. The van der Waals surface area contributed by atoms with Crippen LogP contribution in [0.4, 0.5) is 0 Å². The summed E-state index contributed by atoms with van der Waals surface area (Å²) in [6.07, 6.45) is 1.03. The smallest absolute Gasteiger partial charge is 0.339 e. The second-order valence-corrected chi connectivity index (χ2v) is 5.53. The zero-order valence-electron chi connectivity index (χ0n) is 13.8. The number of piperidine rings is 1. The van der Waals surface area contributed by atoms with Crippen LogP contribution in [-0.4, -0.2) is 50.2 Å². The number of hydrogen-bond donors (Lipinski definition) is 0. The van der Waals surface area contributed by atoms with E-state index in [4.69, 9.17) is 14.2 Å². The molecule has 1 unspecified atom stereocenters. The molecule has 1 heterocycles. The third kappa shape index (κ3) is 4.45. The Morgan fingerprint density at radius 1 is 1.13 bits per heavy atom. The fraction of sp³-hybridized carbons (Fsp3) is 0.529. The lowest BCUT2D eigenvalue weighted by molar-refractivity contribution is -0.152. The molecule has 0 saturated carbocycles. The van der Waals surface area contributed by atoms with Crippen LogP contribution in [-0.2, 0) is 19.1 Å². The van der Waals surface area contributed by atoms with Crippen molar-refractivity contribution in [2.24, 2.45) is 0 Å². The molecule has 0 aliphatic carbocycles. The van der Waals surface area contributed by atoms with Crippen LogP contribution < -0.4 is 4.74 Å². The van der Waals surface area contributed by atoms with Crippen LogP contribution in [0.5, 0.6) is 5.75 Å². The van der Waals surface area contributed by atoms with Gasteiger partial charge in [-0.1, -0.05) is 12.1 Å². The number of nitrogens with zero attached hydrogens (tertiary/aromatic N) is 1. The van der Waals surface area contributed by atoms with Gasteiger partial charge in [-0.25, -0.2) is 4.79 Å². The molecule has 0 aromatic heterocycles. The van der Waals surface area contributed by atoms with E-state index in [1.807, 2.05) is 17.0 Å². The fourth-order valence-electron chi connectivity index (χ4n) is 2.68. The first-order valence-electron chi connectivity index (χ1n) is 7.68. The fourth-order valence-corrected chi connectivity index (χ4v) is 2.68. The Bertz CT molecular complexity index is 534. The van der Waals surface area contributed by atoms with E-state index in [0.29, 0.717) is 0 Å². The molecule has 1 atom stereocenters. The first-order chi connectivity index (χ1) is 11.0. The van der Waals surface area contributed by atoms with Gasteiger partial charge >= 0.3 is 5.97 Å². The summed E-state index contributed by atoms with van der Waals surface area (Å²) in [5, 5.41) is 0. The lowest BCUT2D eigenvalue weighted by Gasteiger charge is -2.31. The lowest BCUT2D eigenvalue weighted by Crippen LogP contribution is -2.40. The van der Waals surface area contributed by atoms with Crippen molar-refractivity contribution in [3.8, 4) is 5.75 Å². The second-order valence-electron chi connectivity index (χ2n) is 5.53. The van der Waals surface area contributed by atoms with Crippen molar-refractivity contribution >= 4 is 11.9 Å². The Morgan fingerprint density at radius 2 is 1.74 bits per heavy atom. The quantitative estimate of drug-likeness (QED) is 0.776. The van der Waals surface area contributed by atoms with Gasteiger partial charge in [0.25, 0.3) is 0 Å².